The topological polar surface area (TPSA) is 145 Å². The SMILES string of the molecule is COc1cccc([C@H]2C3=CC[C@@H]4C(=O)N(O)C(=O)[C@@H]4[C@@H]3C[C@H]3C(=O)N(O)C(=O)[C@@H]23)c1O. The molecule has 2 aliphatic carbocycles. The van der Waals surface area contributed by atoms with E-state index in [-0.39, 0.29) is 34.5 Å². The Kier molecular flexibility index (Phi) is 4.21. The van der Waals surface area contributed by atoms with Gasteiger partial charge in [-0.25, -0.2) is 0 Å². The molecule has 31 heavy (non-hydrogen) atoms. The molecular formula is C21H20N2O8. The van der Waals surface area contributed by atoms with Crippen LogP contribution in [0.25, 0.3) is 0 Å². The van der Waals surface area contributed by atoms with Crippen LogP contribution in [0.15, 0.2) is 29.8 Å². The van der Waals surface area contributed by atoms with Crippen molar-refractivity contribution in [1.82, 2.24) is 10.1 Å². The molecule has 0 radical (unpaired) electrons. The van der Waals surface area contributed by atoms with Crippen LogP contribution in [0.2, 0.25) is 0 Å². The van der Waals surface area contributed by atoms with E-state index in [2.05, 4.69) is 0 Å². The van der Waals surface area contributed by atoms with Crippen LogP contribution in [0.3, 0.4) is 0 Å². The molecule has 4 amide bonds. The van der Waals surface area contributed by atoms with Crippen molar-refractivity contribution in [2.45, 2.75) is 18.8 Å². The largest absolute Gasteiger partial charge is 0.504 e. The molecular weight excluding hydrogens is 408 g/mol. The zero-order valence-corrected chi connectivity index (χ0v) is 16.5. The molecule has 4 aliphatic rings. The average Bonchev–Trinajstić information content (AvgIpc) is 3.12. The molecule has 2 aliphatic heterocycles. The fourth-order valence-corrected chi connectivity index (χ4v) is 5.86. The normalized spacial score (nSPS) is 34.5. The number of ether oxygens (including phenoxy) is 1. The molecule has 0 bridgehead atoms. The van der Waals surface area contributed by atoms with E-state index in [0.717, 1.165) is 0 Å². The number of allylic oxidation sites excluding steroid dienone is 2. The number of hydroxylamine groups is 4. The van der Waals surface area contributed by atoms with Crippen LogP contribution in [-0.2, 0) is 19.2 Å². The first-order valence-electron chi connectivity index (χ1n) is 9.97. The van der Waals surface area contributed by atoms with Crippen LogP contribution in [-0.4, -0.2) is 56.4 Å². The zero-order chi connectivity index (χ0) is 22.2. The average molecular weight is 428 g/mol. The quantitative estimate of drug-likeness (QED) is 0.357. The predicted octanol–water partition coefficient (Wildman–Crippen LogP) is 0.815. The van der Waals surface area contributed by atoms with Gasteiger partial charge in [0.1, 0.15) is 0 Å². The Morgan fingerprint density at radius 2 is 1.55 bits per heavy atom. The van der Waals surface area contributed by atoms with E-state index >= 15 is 0 Å². The van der Waals surface area contributed by atoms with Crippen LogP contribution in [0.5, 0.6) is 11.5 Å². The summed E-state index contributed by atoms with van der Waals surface area (Å²) in [6.45, 7) is 0. The molecule has 1 aromatic carbocycles. The Balaban J connectivity index is 1.69. The minimum absolute atomic E-state index is 0.0768. The number of carbonyl (C=O) groups is 4. The Morgan fingerprint density at radius 1 is 0.903 bits per heavy atom. The van der Waals surface area contributed by atoms with Gasteiger partial charge in [0.05, 0.1) is 30.8 Å². The lowest BCUT2D eigenvalue weighted by atomic mass is 9.57. The first-order valence-corrected chi connectivity index (χ1v) is 9.97. The lowest BCUT2D eigenvalue weighted by Gasteiger charge is -2.43. The highest BCUT2D eigenvalue weighted by Crippen LogP contribution is 2.58. The minimum Gasteiger partial charge on any atom is -0.504 e. The molecule has 10 nitrogen and oxygen atoms in total. The third-order valence-corrected chi connectivity index (χ3v) is 7.19. The maximum absolute atomic E-state index is 12.8. The van der Waals surface area contributed by atoms with Gasteiger partial charge in [-0.05, 0) is 24.8 Å². The molecule has 3 fully saturated rings. The van der Waals surface area contributed by atoms with Gasteiger partial charge < -0.3 is 9.84 Å². The standard InChI is InChI=1S/C21H20N2O8/c1-31-13-4-2-3-9(17(13)24)14-8-5-6-10-15(20(27)22(29)18(10)25)11(8)7-12-16(14)21(28)23(30)19(12)26/h2-5,10-12,14-16,24,29-30H,6-7H2,1H3/t10-,11+,12+,14+,15-,16+/m0/s1. The van der Waals surface area contributed by atoms with Gasteiger partial charge in [0, 0.05) is 11.5 Å². The summed E-state index contributed by atoms with van der Waals surface area (Å²) in [5.41, 5.74) is 0.969. The van der Waals surface area contributed by atoms with Crippen molar-refractivity contribution in [3.63, 3.8) is 0 Å². The monoisotopic (exact) mass is 428 g/mol. The summed E-state index contributed by atoms with van der Waals surface area (Å²) in [6, 6.07) is 4.79. The van der Waals surface area contributed by atoms with E-state index in [1.54, 1.807) is 24.3 Å². The Morgan fingerprint density at radius 3 is 2.23 bits per heavy atom. The molecule has 3 N–H and O–H groups in total. The number of methoxy groups -OCH3 is 1. The number of rotatable bonds is 2. The van der Waals surface area contributed by atoms with Gasteiger partial charge in [0.25, 0.3) is 23.6 Å². The first kappa shape index (κ1) is 19.7. The van der Waals surface area contributed by atoms with Crippen molar-refractivity contribution in [2.24, 2.45) is 29.6 Å². The molecule has 0 spiro atoms. The number of para-hydroxylation sites is 1. The number of benzene rings is 1. The smallest absolute Gasteiger partial charge is 0.258 e. The fraction of sp³-hybridized carbons (Fsp3) is 0.429. The van der Waals surface area contributed by atoms with Gasteiger partial charge in [-0.15, -0.1) is 0 Å². The number of nitrogens with zero attached hydrogens (tertiary/aromatic N) is 2. The predicted molar refractivity (Wildman–Crippen MR) is 99.4 cm³/mol. The summed E-state index contributed by atoms with van der Waals surface area (Å²) < 4.78 is 5.19. The van der Waals surface area contributed by atoms with Crippen molar-refractivity contribution in [1.29, 1.82) is 0 Å². The second-order valence-corrected chi connectivity index (χ2v) is 8.40. The number of aromatic hydroxyl groups is 1. The molecule has 6 atom stereocenters. The summed E-state index contributed by atoms with van der Waals surface area (Å²) in [5.74, 6) is -7.93. The fourth-order valence-electron chi connectivity index (χ4n) is 5.86. The number of phenols is 1. The summed E-state index contributed by atoms with van der Waals surface area (Å²) in [4.78, 5) is 50.4. The zero-order valence-electron chi connectivity index (χ0n) is 16.5. The number of amides is 4. The van der Waals surface area contributed by atoms with Gasteiger partial charge in [-0.3, -0.25) is 29.6 Å². The van der Waals surface area contributed by atoms with Crippen molar-refractivity contribution in [3.8, 4) is 11.5 Å². The maximum atomic E-state index is 12.8. The second-order valence-electron chi connectivity index (χ2n) is 8.40. The van der Waals surface area contributed by atoms with Gasteiger partial charge in [-0.2, -0.15) is 10.1 Å². The maximum Gasteiger partial charge on any atom is 0.258 e. The van der Waals surface area contributed by atoms with Gasteiger partial charge in [0.2, 0.25) is 0 Å². The van der Waals surface area contributed by atoms with E-state index in [9.17, 15) is 34.7 Å². The van der Waals surface area contributed by atoms with E-state index < -0.39 is 59.1 Å². The molecule has 0 aromatic heterocycles. The third kappa shape index (κ3) is 2.45. The number of phenolic OH excluding ortho intramolecular Hbond substituents is 1. The molecule has 10 heteroatoms. The third-order valence-electron chi connectivity index (χ3n) is 7.19. The molecule has 0 unspecified atom stereocenters. The molecule has 162 valence electrons. The van der Waals surface area contributed by atoms with Gasteiger partial charge in [-0.1, -0.05) is 23.8 Å². The van der Waals surface area contributed by atoms with Crippen molar-refractivity contribution < 1.29 is 39.4 Å². The second kappa shape index (κ2) is 6.63. The number of fused-ring (bicyclic) bond motifs is 4. The molecule has 1 aromatic rings. The number of hydrogen-bond acceptors (Lipinski definition) is 8. The van der Waals surface area contributed by atoms with Crippen LogP contribution in [0.4, 0.5) is 0 Å². The number of carbonyl (C=O) groups excluding carboxylic acids is 4. The van der Waals surface area contributed by atoms with E-state index in [1.165, 1.54) is 7.11 Å². The first-order chi connectivity index (χ1) is 14.8. The summed E-state index contributed by atoms with van der Waals surface area (Å²) in [7, 11) is 1.38. The highest BCUT2D eigenvalue weighted by Gasteiger charge is 2.62. The lowest BCUT2D eigenvalue weighted by molar-refractivity contribution is -0.174. The Hall–Kier alpha value is -3.24. The van der Waals surface area contributed by atoms with Crippen molar-refractivity contribution in [3.05, 3.63) is 35.4 Å². The summed E-state index contributed by atoms with van der Waals surface area (Å²) in [6.07, 6.45) is 2.02. The van der Waals surface area contributed by atoms with Crippen molar-refractivity contribution >= 4 is 23.6 Å². The van der Waals surface area contributed by atoms with Crippen LogP contribution in [0, 0.1) is 29.6 Å². The highest BCUT2D eigenvalue weighted by atomic mass is 16.5. The van der Waals surface area contributed by atoms with Crippen LogP contribution >= 0.6 is 0 Å². The van der Waals surface area contributed by atoms with Gasteiger partial charge in [0.15, 0.2) is 11.5 Å². The Labute approximate surface area is 176 Å². The molecule has 2 saturated heterocycles. The number of hydrogen-bond donors (Lipinski definition) is 3. The molecule has 1 saturated carbocycles. The van der Waals surface area contributed by atoms with Crippen LogP contribution < -0.4 is 4.74 Å². The van der Waals surface area contributed by atoms with Crippen LogP contribution in [0.1, 0.15) is 24.3 Å². The van der Waals surface area contributed by atoms with Gasteiger partial charge >= 0.3 is 0 Å². The van der Waals surface area contributed by atoms with E-state index in [1.807, 2.05) is 0 Å². The highest BCUT2D eigenvalue weighted by molar-refractivity contribution is 6.06. The Bertz CT molecular complexity index is 1070. The number of imide groups is 2. The van der Waals surface area contributed by atoms with E-state index in [4.69, 9.17) is 4.74 Å². The molecule has 5 rings (SSSR count). The lowest BCUT2D eigenvalue weighted by Crippen LogP contribution is -2.43. The van der Waals surface area contributed by atoms with E-state index in [0.29, 0.717) is 11.1 Å². The van der Waals surface area contributed by atoms with Crippen molar-refractivity contribution in [2.75, 3.05) is 7.11 Å². The minimum atomic E-state index is -0.966. The summed E-state index contributed by atoms with van der Waals surface area (Å²) >= 11 is 0. The molecule has 2 heterocycles. The summed E-state index contributed by atoms with van der Waals surface area (Å²) in [5, 5.41) is 31.0.